The third-order valence-corrected chi connectivity index (χ3v) is 5.43. The zero-order chi connectivity index (χ0) is 21.6. The summed E-state index contributed by atoms with van der Waals surface area (Å²) in [5, 5.41) is 14.1. The number of nitrogens with one attached hydrogen (secondary N) is 1. The molecule has 0 bridgehead atoms. The summed E-state index contributed by atoms with van der Waals surface area (Å²) < 4.78 is 6.30. The minimum Gasteiger partial charge on any atom is -0.465 e. The average Bonchev–Trinajstić information content (AvgIpc) is 3.35. The van der Waals surface area contributed by atoms with Gasteiger partial charge < -0.3 is 10.1 Å². The molecule has 1 saturated heterocycles. The van der Waals surface area contributed by atoms with Crippen LogP contribution < -0.4 is 5.32 Å². The Kier molecular flexibility index (Phi) is 6.32. The highest BCUT2D eigenvalue weighted by Gasteiger charge is 2.28. The van der Waals surface area contributed by atoms with E-state index in [1.807, 2.05) is 36.4 Å². The summed E-state index contributed by atoms with van der Waals surface area (Å²) in [7, 11) is 1.37. The van der Waals surface area contributed by atoms with Crippen molar-refractivity contribution in [2.75, 3.05) is 19.0 Å². The second-order valence-electron chi connectivity index (χ2n) is 7.46. The van der Waals surface area contributed by atoms with Crippen molar-refractivity contribution < 1.29 is 14.3 Å². The summed E-state index contributed by atoms with van der Waals surface area (Å²) in [6.07, 6.45) is 4.42. The molecule has 1 atom stereocenters. The summed E-state index contributed by atoms with van der Waals surface area (Å²) in [4.78, 5) is 26.8. The Balaban J connectivity index is 1.40. The van der Waals surface area contributed by atoms with Gasteiger partial charge in [0.15, 0.2) is 0 Å². The normalized spacial score (nSPS) is 16.6. The number of piperidine rings is 1. The summed E-state index contributed by atoms with van der Waals surface area (Å²) in [5.41, 5.74) is 3.12. The van der Waals surface area contributed by atoms with Crippen molar-refractivity contribution in [3.05, 3.63) is 66.0 Å². The van der Waals surface area contributed by atoms with Crippen LogP contribution in [0.15, 0.2) is 54.9 Å². The molecule has 1 unspecified atom stereocenters. The van der Waals surface area contributed by atoms with E-state index in [0.29, 0.717) is 12.1 Å². The van der Waals surface area contributed by atoms with Crippen LogP contribution in [0, 0.1) is 0 Å². The highest BCUT2D eigenvalue weighted by atomic mass is 16.5. The zero-order valence-corrected chi connectivity index (χ0v) is 17.3. The van der Waals surface area contributed by atoms with Crippen LogP contribution in [0.5, 0.6) is 0 Å². The van der Waals surface area contributed by atoms with Gasteiger partial charge in [0, 0.05) is 12.2 Å². The van der Waals surface area contributed by atoms with Gasteiger partial charge in [0.2, 0.25) is 5.91 Å². The van der Waals surface area contributed by atoms with E-state index in [4.69, 9.17) is 4.74 Å². The number of anilines is 1. The number of carbonyl (C=O) groups is 2. The lowest BCUT2D eigenvalue weighted by Crippen LogP contribution is -2.46. The van der Waals surface area contributed by atoms with Gasteiger partial charge in [-0.25, -0.2) is 9.48 Å². The molecule has 1 aromatic heterocycles. The van der Waals surface area contributed by atoms with Gasteiger partial charge >= 0.3 is 5.97 Å². The maximum absolute atomic E-state index is 13.0. The monoisotopic (exact) mass is 420 g/mol. The molecule has 9 heteroatoms. The van der Waals surface area contributed by atoms with Crippen LogP contribution in [-0.2, 0) is 16.1 Å². The van der Waals surface area contributed by atoms with Crippen LogP contribution in [0.1, 0.15) is 35.2 Å². The molecule has 4 rings (SSSR count). The van der Waals surface area contributed by atoms with Gasteiger partial charge in [0.1, 0.15) is 6.33 Å². The lowest BCUT2D eigenvalue weighted by atomic mass is 10.00. The molecule has 1 fully saturated rings. The zero-order valence-electron chi connectivity index (χ0n) is 17.3. The van der Waals surface area contributed by atoms with E-state index in [-0.39, 0.29) is 17.9 Å². The van der Waals surface area contributed by atoms with Crippen molar-refractivity contribution in [3.63, 3.8) is 0 Å². The van der Waals surface area contributed by atoms with E-state index in [9.17, 15) is 9.59 Å². The number of esters is 1. The van der Waals surface area contributed by atoms with Crippen molar-refractivity contribution >= 4 is 17.6 Å². The van der Waals surface area contributed by atoms with Crippen molar-refractivity contribution in [2.45, 2.75) is 31.8 Å². The maximum Gasteiger partial charge on any atom is 0.337 e. The smallest absolute Gasteiger partial charge is 0.337 e. The first-order valence-corrected chi connectivity index (χ1v) is 10.2. The molecule has 0 spiro atoms. The summed E-state index contributed by atoms with van der Waals surface area (Å²) in [6.45, 7) is 1.51. The molecule has 31 heavy (non-hydrogen) atoms. The summed E-state index contributed by atoms with van der Waals surface area (Å²) in [6, 6.07) is 14.5. The second-order valence-corrected chi connectivity index (χ2v) is 7.46. The minimum atomic E-state index is -0.354. The van der Waals surface area contributed by atoms with E-state index in [1.165, 1.54) is 13.4 Å². The van der Waals surface area contributed by atoms with Crippen molar-refractivity contribution in [3.8, 4) is 5.69 Å². The number of benzene rings is 2. The number of aromatic nitrogens is 4. The Hall–Kier alpha value is -3.59. The van der Waals surface area contributed by atoms with Gasteiger partial charge in [-0.15, -0.1) is 5.10 Å². The molecule has 2 aromatic carbocycles. The van der Waals surface area contributed by atoms with Crippen molar-refractivity contribution in [1.82, 2.24) is 25.1 Å². The highest BCUT2D eigenvalue weighted by molar-refractivity contribution is 5.95. The molecular formula is C22H24N6O3. The van der Waals surface area contributed by atoms with Gasteiger partial charge in [0.05, 0.1) is 24.4 Å². The number of nitrogens with zero attached hydrogens (tertiary/aromatic N) is 5. The molecule has 160 valence electrons. The molecule has 1 amide bonds. The number of rotatable bonds is 6. The van der Waals surface area contributed by atoms with Gasteiger partial charge in [0.25, 0.3) is 0 Å². The predicted octanol–water partition coefficient (Wildman–Crippen LogP) is 2.44. The molecule has 0 aliphatic carbocycles. The third-order valence-electron chi connectivity index (χ3n) is 5.43. The first-order chi connectivity index (χ1) is 15.1. The maximum atomic E-state index is 13.0. The quantitative estimate of drug-likeness (QED) is 0.611. The SMILES string of the molecule is COC(=O)c1ccc(CN2CCCCC2C(=O)Nc2ccc(-n3cnnn3)cc2)cc1. The van der Waals surface area contributed by atoms with Crippen LogP contribution in [0.4, 0.5) is 5.69 Å². The van der Waals surface area contributed by atoms with Crippen LogP contribution in [0.2, 0.25) is 0 Å². The third kappa shape index (κ3) is 4.95. The van der Waals surface area contributed by atoms with E-state index in [0.717, 1.165) is 42.7 Å². The fraction of sp³-hybridized carbons (Fsp3) is 0.318. The predicted molar refractivity (Wildman–Crippen MR) is 114 cm³/mol. The van der Waals surface area contributed by atoms with Crippen LogP contribution in [-0.4, -0.2) is 56.7 Å². The Morgan fingerprint density at radius 1 is 1.10 bits per heavy atom. The molecule has 1 aliphatic rings. The van der Waals surface area contributed by atoms with E-state index in [1.54, 1.807) is 16.8 Å². The number of likely N-dealkylation sites (tertiary alicyclic amines) is 1. The van der Waals surface area contributed by atoms with Gasteiger partial charge in [-0.2, -0.15) is 0 Å². The minimum absolute atomic E-state index is 0.0129. The molecular weight excluding hydrogens is 396 g/mol. The van der Waals surface area contributed by atoms with E-state index < -0.39 is 0 Å². The molecule has 2 heterocycles. The lowest BCUT2D eigenvalue weighted by Gasteiger charge is -2.34. The fourth-order valence-corrected chi connectivity index (χ4v) is 3.78. The fourth-order valence-electron chi connectivity index (χ4n) is 3.78. The van der Waals surface area contributed by atoms with Crippen molar-refractivity contribution in [1.29, 1.82) is 0 Å². The van der Waals surface area contributed by atoms with Gasteiger partial charge in [-0.1, -0.05) is 18.6 Å². The van der Waals surface area contributed by atoms with Gasteiger partial charge in [-0.3, -0.25) is 9.69 Å². The van der Waals surface area contributed by atoms with Gasteiger partial charge in [-0.05, 0) is 71.8 Å². The van der Waals surface area contributed by atoms with E-state index in [2.05, 4.69) is 25.7 Å². The average molecular weight is 420 g/mol. The molecule has 0 saturated carbocycles. The standard InChI is InChI=1S/C22H24N6O3/c1-31-22(30)17-7-5-16(6-8-17)14-27-13-3-2-4-20(27)21(29)24-18-9-11-19(12-10-18)28-15-23-25-26-28/h5-12,15,20H,2-4,13-14H2,1H3,(H,24,29). The lowest BCUT2D eigenvalue weighted by molar-refractivity contribution is -0.122. The van der Waals surface area contributed by atoms with Crippen LogP contribution in [0.25, 0.3) is 5.69 Å². The number of hydrogen-bond donors (Lipinski definition) is 1. The molecule has 1 N–H and O–H groups in total. The van der Waals surface area contributed by atoms with Crippen molar-refractivity contribution in [2.24, 2.45) is 0 Å². The largest absolute Gasteiger partial charge is 0.465 e. The number of ether oxygens (including phenoxy) is 1. The Morgan fingerprint density at radius 3 is 2.55 bits per heavy atom. The van der Waals surface area contributed by atoms with Crippen LogP contribution in [0.3, 0.4) is 0 Å². The van der Waals surface area contributed by atoms with E-state index >= 15 is 0 Å². The summed E-state index contributed by atoms with van der Waals surface area (Å²) in [5.74, 6) is -0.367. The van der Waals surface area contributed by atoms with Crippen LogP contribution >= 0.6 is 0 Å². The first kappa shape index (κ1) is 20.7. The molecule has 1 aliphatic heterocycles. The molecule has 0 radical (unpaired) electrons. The number of methoxy groups -OCH3 is 1. The Morgan fingerprint density at radius 2 is 1.87 bits per heavy atom. The highest BCUT2D eigenvalue weighted by Crippen LogP contribution is 2.22. The number of carbonyl (C=O) groups excluding carboxylic acids is 2. The Labute approximate surface area is 180 Å². The molecule has 3 aromatic rings. The number of hydrogen-bond acceptors (Lipinski definition) is 7. The summed E-state index contributed by atoms with van der Waals surface area (Å²) >= 11 is 0. The Bertz CT molecular complexity index is 1020. The number of tetrazole rings is 1. The second kappa shape index (κ2) is 9.48. The topological polar surface area (TPSA) is 102 Å². The first-order valence-electron chi connectivity index (χ1n) is 10.2. The number of amides is 1. The molecule has 9 nitrogen and oxygen atoms in total.